The second kappa shape index (κ2) is 7.76. The second-order valence-corrected chi connectivity index (χ2v) is 8.89. The van der Waals surface area contributed by atoms with Gasteiger partial charge in [-0.3, -0.25) is 14.5 Å². The fraction of sp³-hybridized carbons (Fsp3) is 0.417. The van der Waals surface area contributed by atoms with E-state index in [0.29, 0.717) is 12.2 Å². The van der Waals surface area contributed by atoms with Gasteiger partial charge in [0.05, 0.1) is 37.6 Å². The van der Waals surface area contributed by atoms with E-state index in [1.807, 2.05) is 38.1 Å². The molecule has 2 aliphatic heterocycles. The van der Waals surface area contributed by atoms with Gasteiger partial charge < -0.3 is 15.1 Å². The van der Waals surface area contributed by atoms with Gasteiger partial charge in [-0.2, -0.15) is 0 Å². The molecule has 0 bridgehead atoms. The maximum absolute atomic E-state index is 13.4. The van der Waals surface area contributed by atoms with Gasteiger partial charge in [-0.25, -0.2) is 0 Å². The summed E-state index contributed by atoms with van der Waals surface area (Å²) in [6, 6.07) is 14.0. The van der Waals surface area contributed by atoms with E-state index >= 15 is 0 Å². The lowest BCUT2D eigenvalue weighted by atomic mass is 9.96. The third kappa shape index (κ3) is 3.56. The summed E-state index contributed by atoms with van der Waals surface area (Å²) in [6.07, 6.45) is 0. The van der Waals surface area contributed by atoms with E-state index in [-0.39, 0.29) is 11.8 Å². The molecule has 0 radical (unpaired) electrons. The van der Waals surface area contributed by atoms with E-state index in [0.717, 1.165) is 31.9 Å². The number of carbonyl (C=O) groups is 2. The van der Waals surface area contributed by atoms with Crippen LogP contribution in [0.3, 0.4) is 0 Å². The molecule has 1 fully saturated rings. The highest BCUT2D eigenvalue weighted by molar-refractivity contribution is 6.14. The van der Waals surface area contributed by atoms with Crippen molar-refractivity contribution in [1.82, 2.24) is 0 Å². The van der Waals surface area contributed by atoms with E-state index in [9.17, 15) is 9.59 Å². The van der Waals surface area contributed by atoms with E-state index in [1.165, 1.54) is 21.7 Å². The van der Waals surface area contributed by atoms with Crippen LogP contribution in [0.2, 0.25) is 0 Å². The summed E-state index contributed by atoms with van der Waals surface area (Å²) in [5, 5.41) is 2.93. The number of aryl methyl sites for hydroxylation is 1. The number of rotatable bonds is 3. The minimum Gasteiger partial charge on any atom is -0.360 e. The number of carbonyl (C=O) groups excluding carboxylic acids is 2. The van der Waals surface area contributed by atoms with Crippen LogP contribution >= 0.6 is 0 Å². The maximum Gasteiger partial charge on any atom is 0.283 e. The monoisotopic (exact) mass is 407 g/mol. The quantitative estimate of drug-likeness (QED) is 0.816. The Labute approximate surface area is 178 Å². The summed E-state index contributed by atoms with van der Waals surface area (Å²) in [7, 11) is 0. The number of nitrogens with one attached hydrogen (secondary N) is 2. The molecule has 158 valence electrons. The summed E-state index contributed by atoms with van der Waals surface area (Å²) in [5.74, 6) is -0.151. The lowest BCUT2D eigenvalue weighted by Crippen LogP contribution is -3.16. The highest BCUT2D eigenvalue weighted by Crippen LogP contribution is 2.36. The highest BCUT2D eigenvalue weighted by Gasteiger charge is 2.44. The van der Waals surface area contributed by atoms with Gasteiger partial charge in [0.2, 0.25) is 5.91 Å². The molecule has 0 atom stereocenters. The molecular formula is C24H31N4O2+. The molecule has 6 heteroatoms. The van der Waals surface area contributed by atoms with Gasteiger partial charge in [-0.05, 0) is 57.0 Å². The van der Waals surface area contributed by atoms with E-state index in [1.54, 1.807) is 4.90 Å². The predicted molar refractivity (Wildman–Crippen MR) is 120 cm³/mol. The number of nitrogens with zero attached hydrogens (tertiary/aromatic N) is 2. The summed E-state index contributed by atoms with van der Waals surface area (Å²) in [5.41, 5.74) is 4.50. The molecule has 6 nitrogen and oxygen atoms in total. The van der Waals surface area contributed by atoms with Crippen molar-refractivity contribution >= 4 is 28.9 Å². The number of amides is 2. The number of benzene rings is 2. The molecule has 2 aliphatic rings. The smallest absolute Gasteiger partial charge is 0.283 e. The highest BCUT2D eigenvalue weighted by atomic mass is 16.2. The molecule has 0 aliphatic carbocycles. The standard InChI is InChI=1S/C24H30N4O2/c1-17-8-7-11-20(18(17)2)27-14-12-26(13-15-27)16-22(29)28-21-10-6-5-9-19(21)25-23(30)24(28,3)4/h5-11H,12-16H2,1-4H3,(H,25,30)/p+1. The van der Waals surface area contributed by atoms with Gasteiger partial charge in [-0.15, -0.1) is 0 Å². The van der Waals surface area contributed by atoms with Crippen LogP contribution < -0.4 is 20.0 Å². The first-order valence-electron chi connectivity index (χ1n) is 10.7. The minimum absolute atomic E-state index is 0.00233. The van der Waals surface area contributed by atoms with Crippen molar-refractivity contribution in [3.8, 4) is 0 Å². The zero-order chi connectivity index (χ0) is 21.5. The number of fused-ring (bicyclic) bond motifs is 1. The Morgan fingerprint density at radius 1 is 1.03 bits per heavy atom. The molecule has 2 aromatic rings. The number of hydrogen-bond donors (Lipinski definition) is 2. The first-order valence-corrected chi connectivity index (χ1v) is 10.7. The van der Waals surface area contributed by atoms with Crippen molar-refractivity contribution in [2.45, 2.75) is 33.2 Å². The molecular weight excluding hydrogens is 376 g/mol. The van der Waals surface area contributed by atoms with Crippen molar-refractivity contribution < 1.29 is 14.5 Å². The Bertz CT molecular complexity index is 977. The fourth-order valence-corrected chi connectivity index (χ4v) is 4.51. The number of anilines is 3. The maximum atomic E-state index is 13.4. The molecule has 0 unspecified atom stereocenters. The lowest BCUT2D eigenvalue weighted by molar-refractivity contribution is -0.892. The Balaban J connectivity index is 1.46. The van der Waals surface area contributed by atoms with Crippen LogP contribution in [0.15, 0.2) is 42.5 Å². The van der Waals surface area contributed by atoms with E-state index < -0.39 is 5.54 Å². The van der Waals surface area contributed by atoms with Gasteiger partial charge in [-0.1, -0.05) is 24.3 Å². The molecule has 30 heavy (non-hydrogen) atoms. The van der Waals surface area contributed by atoms with Crippen LogP contribution in [0.25, 0.3) is 0 Å². The average molecular weight is 408 g/mol. The molecule has 2 amide bonds. The van der Waals surface area contributed by atoms with Crippen LogP contribution in [-0.4, -0.2) is 50.1 Å². The Morgan fingerprint density at radius 3 is 2.43 bits per heavy atom. The third-order valence-electron chi connectivity index (χ3n) is 6.55. The van der Waals surface area contributed by atoms with Crippen LogP contribution in [0, 0.1) is 13.8 Å². The summed E-state index contributed by atoms with van der Waals surface area (Å²) >= 11 is 0. The predicted octanol–water partition coefficient (Wildman–Crippen LogP) is 1.77. The van der Waals surface area contributed by atoms with Gasteiger partial charge in [0.1, 0.15) is 5.54 Å². The van der Waals surface area contributed by atoms with Crippen molar-refractivity contribution in [1.29, 1.82) is 0 Å². The average Bonchev–Trinajstić information content (AvgIpc) is 2.71. The van der Waals surface area contributed by atoms with Crippen LogP contribution in [0.5, 0.6) is 0 Å². The van der Waals surface area contributed by atoms with Crippen molar-refractivity contribution in [3.63, 3.8) is 0 Å². The molecule has 2 N–H and O–H groups in total. The zero-order valence-corrected chi connectivity index (χ0v) is 18.3. The Kier molecular flexibility index (Phi) is 5.28. The van der Waals surface area contributed by atoms with Gasteiger partial charge in [0.15, 0.2) is 6.54 Å². The molecule has 1 saturated heterocycles. The zero-order valence-electron chi connectivity index (χ0n) is 18.3. The number of hydrogen-bond acceptors (Lipinski definition) is 3. The SMILES string of the molecule is Cc1cccc(N2CC[NH+](CC(=O)N3c4ccccc4NC(=O)C3(C)C)CC2)c1C. The lowest BCUT2D eigenvalue weighted by Gasteiger charge is -2.42. The molecule has 2 aromatic carbocycles. The normalized spacial score (nSPS) is 18.7. The molecule has 0 saturated carbocycles. The summed E-state index contributed by atoms with van der Waals surface area (Å²) in [4.78, 5) is 31.3. The van der Waals surface area contributed by atoms with Gasteiger partial charge in [0.25, 0.3) is 5.91 Å². The molecule has 2 heterocycles. The first kappa shape index (κ1) is 20.4. The third-order valence-corrected chi connectivity index (χ3v) is 6.55. The summed E-state index contributed by atoms with van der Waals surface area (Å²) in [6.45, 7) is 12.0. The van der Waals surface area contributed by atoms with Crippen LogP contribution in [0.4, 0.5) is 17.1 Å². The second-order valence-electron chi connectivity index (χ2n) is 8.89. The van der Waals surface area contributed by atoms with Crippen LogP contribution in [0.1, 0.15) is 25.0 Å². The molecule has 0 spiro atoms. The van der Waals surface area contributed by atoms with Crippen molar-refractivity contribution in [2.24, 2.45) is 0 Å². The Morgan fingerprint density at radius 2 is 1.70 bits per heavy atom. The van der Waals surface area contributed by atoms with Crippen LogP contribution in [-0.2, 0) is 9.59 Å². The molecule has 4 rings (SSSR count). The molecule has 0 aromatic heterocycles. The van der Waals surface area contributed by atoms with E-state index in [4.69, 9.17) is 0 Å². The summed E-state index contributed by atoms with van der Waals surface area (Å²) < 4.78 is 0. The Hall–Kier alpha value is -2.86. The first-order chi connectivity index (χ1) is 14.3. The van der Waals surface area contributed by atoms with Gasteiger partial charge in [0, 0.05) is 5.69 Å². The number of piperazine rings is 1. The number of para-hydroxylation sites is 2. The largest absolute Gasteiger partial charge is 0.360 e. The van der Waals surface area contributed by atoms with E-state index in [2.05, 4.69) is 42.3 Å². The fourth-order valence-electron chi connectivity index (χ4n) is 4.51. The number of quaternary nitrogens is 1. The van der Waals surface area contributed by atoms with Crippen molar-refractivity contribution in [3.05, 3.63) is 53.6 Å². The minimum atomic E-state index is -0.911. The van der Waals surface area contributed by atoms with Gasteiger partial charge >= 0.3 is 0 Å². The topological polar surface area (TPSA) is 57.1 Å². The van der Waals surface area contributed by atoms with Crippen molar-refractivity contribution in [2.75, 3.05) is 47.8 Å².